The van der Waals surface area contributed by atoms with E-state index in [9.17, 15) is 9.59 Å². The van der Waals surface area contributed by atoms with E-state index in [2.05, 4.69) is 0 Å². The highest BCUT2D eigenvalue weighted by molar-refractivity contribution is 6.06. The molecule has 0 amide bonds. The molecule has 0 aliphatic heterocycles. The first-order chi connectivity index (χ1) is 6.63. The summed E-state index contributed by atoms with van der Waals surface area (Å²) in [5, 5.41) is 0. The van der Waals surface area contributed by atoms with Gasteiger partial charge in [-0.25, -0.2) is 0 Å². The van der Waals surface area contributed by atoms with Crippen molar-refractivity contribution in [3.8, 4) is 0 Å². The molecule has 1 atom stereocenters. The van der Waals surface area contributed by atoms with Crippen LogP contribution in [0, 0.1) is 0 Å². The second-order valence-corrected chi connectivity index (χ2v) is 3.95. The van der Waals surface area contributed by atoms with Crippen molar-refractivity contribution in [1.29, 1.82) is 0 Å². The Bertz CT molecular complexity index is 364. The Morgan fingerprint density at radius 3 is 2.79 bits per heavy atom. The van der Waals surface area contributed by atoms with Gasteiger partial charge in [-0.2, -0.15) is 0 Å². The number of carbonyl (C=O) groups is 2. The van der Waals surface area contributed by atoms with Gasteiger partial charge in [0, 0.05) is 6.42 Å². The standard InChI is InChI=1S/C11H12O3/c1-11(10-3-2-6-14-10)5-4-8(12)7-9(11)13/h2-3,6H,4-5,7H2,1H3/t11-/m0/s1. The zero-order valence-electron chi connectivity index (χ0n) is 8.08. The van der Waals surface area contributed by atoms with Gasteiger partial charge in [-0.3, -0.25) is 9.59 Å². The zero-order valence-corrected chi connectivity index (χ0v) is 8.08. The molecule has 1 aliphatic rings. The normalized spacial score (nSPS) is 28.1. The number of hydrogen-bond donors (Lipinski definition) is 0. The van der Waals surface area contributed by atoms with Gasteiger partial charge in [-0.05, 0) is 25.5 Å². The molecule has 0 N–H and O–H groups in total. The van der Waals surface area contributed by atoms with E-state index in [1.807, 2.05) is 6.92 Å². The van der Waals surface area contributed by atoms with Crippen molar-refractivity contribution < 1.29 is 14.0 Å². The lowest BCUT2D eigenvalue weighted by Gasteiger charge is -2.29. The fourth-order valence-electron chi connectivity index (χ4n) is 1.84. The molecule has 14 heavy (non-hydrogen) atoms. The summed E-state index contributed by atoms with van der Waals surface area (Å²) in [6.45, 7) is 1.85. The van der Waals surface area contributed by atoms with Gasteiger partial charge < -0.3 is 4.42 Å². The van der Waals surface area contributed by atoms with Gasteiger partial charge in [-0.1, -0.05) is 0 Å². The summed E-state index contributed by atoms with van der Waals surface area (Å²) in [5.74, 6) is 0.692. The first-order valence-corrected chi connectivity index (χ1v) is 4.72. The van der Waals surface area contributed by atoms with E-state index >= 15 is 0 Å². The summed E-state index contributed by atoms with van der Waals surface area (Å²) < 4.78 is 5.25. The molecule has 0 unspecified atom stereocenters. The Kier molecular flexibility index (Phi) is 2.02. The van der Waals surface area contributed by atoms with Crippen molar-refractivity contribution in [3.05, 3.63) is 24.2 Å². The molecule has 0 saturated heterocycles. The molecular weight excluding hydrogens is 180 g/mol. The fraction of sp³-hybridized carbons (Fsp3) is 0.455. The van der Waals surface area contributed by atoms with Crippen molar-refractivity contribution in [1.82, 2.24) is 0 Å². The Labute approximate surface area is 82.1 Å². The van der Waals surface area contributed by atoms with Gasteiger partial charge in [-0.15, -0.1) is 0 Å². The number of ketones is 2. The van der Waals surface area contributed by atoms with Crippen LogP contribution in [0.4, 0.5) is 0 Å². The van der Waals surface area contributed by atoms with Crippen molar-refractivity contribution >= 4 is 11.6 Å². The number of carbonyl (C=O) groups excluding carboxylic acids is 2. The van der Waals surface area contributed by atoms with Crippen LogP contribution in [0.5, 0.6) is 0 Å². The maximum atomic E-state index is 11.7. The monoisotopic (exact) mass is 192 g/mol. The smallest absolute Gasteiger partial charge is 0.153 e. The number of hydrogen-bond acceptors (Lipinski definition) is 3. The zero-order chi connectivity index (χ0) is 10.2. The van der Waals surface area contributed by atoms with Crippen molar-refractivity contribution in [3.63, 3.8) is 0 Å². The highest BCUT2D eigenvalue weighted by Gasteiger charge is 2.41. The highest BCUT2D eigenvalue weighted by atomic mass is 16.3. The molecule has 1 fully saturated rings. The lowest BCUT2D eigenvalue weighted by atomic mass is 9.72. The molecule has 1 heterocycles. The average molecular weight is 192 g/mol. The molecule has 1 aromatic rings. The molecule has 0 spiro atoms. The van der Waals surface area contributed by atoms with Crippen LogP contribution < -0.4 is 0 Å². The van der Waals surface area contributed by atoms with Gasteiger partial charge >= 0.3 is 0 Å². The van der Waals surface area contributed by atoms with Gasteiger partial charge in [0.15, 0.2) is 5.78 Å². The third kappa shape index (κ3) is 1.29. The predicted octanol–water partition coefficient (Wildman–Crippen LogP) is 1.86. The van der Waals surface area contributed by atoms with E-state index in [4.69, 9.17) is 4.42 Å². The predicted molar refractivity (Wildman–Crippen MR) is 49.9 cm³/mol. The van der Waals surface area contributed by atoms with Gasteiger partial charge in [0.2, 0.25) is 0 Å². The highest BCUT2D eigenvalue weighted by Crippen LogP contribution is 2.35. The molecule has 2 rings (SSSR count). The lowest BCUT2D eigenvalue weighted by Crippen LogP contribution is -2.38. The van der Waals surface area contributed by atoms with Gasteiger partial charge in [0.25, 0.3) is 0 Å². The number of Topliss-reactive ketones (excluding diaryl/α,β-unsaturated/α-hetero) is 2. The Morgan fingerprint density at radius 2 is 2.21 bits per heavy atom. The van der Waals surface area contributed by atoms with Crippen LogP contribution in [0.15, 0.2) is 22.8 Å². The van der Waals surface area contributed by atoms with Crippen molar-refractivity contribution in [2.24, 2.45) is 0 Å². The topological polar surface area (TPSA) is 47.3 Å². The van der Waals surface area contributed by atoms with E-state index in [0.29, 0.717) is 18.6 Å². The molecule has 0 aromatic carbocycles. The molecule has 3 heteroatoms. The second kappa shape index (κ2) is 3.08. The first-order valence-electron chi connectivity index (χ1n) is 4.72. The maximum Gasteiger partial charge on any atom is 0.153 e. The summed E-state index contributed by atoms with van der Waals surface area (Å²) in [4.78, 5) is 22.8. The molecule has 3 nitrogen and oxygen atoms in total. The third-order valence-electron chi connectivity index (χ3n) is 2.94. The fourth-order valence-corrected chi connectivity index (χ4v) is 1.84. The van der Waals surface area contributed by atoms with Crippen LogP contribution >= 0.6 is 0 Å². The molecule has 1 aliphatic carbocycles. The molecular formula is C11H12O3. The van der Waals surface area contributed by atoms with E-state index in [1.165, 1.54) is 0 Å². The lowest BCUT2D eigenvalue weighted by molar-refractivity contribution is -0.134. The maximum absolute atomic E-state index is 11.7. The summed E-state index contributed by atoms with van der Waals surface area (Å²) >= 11 is 0. The van der Waals surface area contributed by atoms with Gasteiger partial charge in [0.05, 0.1) is 18.1 Å². The van der Waals surface area contributed by atoms with E-state index in [1.54, 1.807) is 18.4 Å². The minimum atomic E-state index is -0.586. The molecule has 0 radical (unpaired) electrons. The third-order valence-corrected chi connectivity index (χ3v) is 2.94. The SMILES string of the molecule is C[C@]1(c2ccco2)CCC(=O)CC1=O. The summed E-state index contributed by atoms with van der Waals surface area (Å²) in [5.41, 5.74) is -0.586. The van der Waals surface area contributed by atoms with Crippen LogP contribution in [0.1, 0.15) is 31.9 Å². The van der Waals surface area contributed by atoms with Crippen molar-refractivity contribution in [2.45, 2.75) is 31.6 Å². The summed E-state index contributed by atoms with van der Waals surface area (Å²) in [6, 6.07) is 3.57. The van der Waals surface area contributed by atoms with E-state index in [-0.39, 0.29) is 18.0 Å². The number of furan rings is 1. The molecule has 0 bridgehead atoms. The minimum Gasteiger partial charge on any atom is -0.468 e. The summed E-state index contributed by atoms with van der Waals surface area (Å²) in [7, 11) is 0. The van der Waals surface area contributed by atoms with Gasteiger partial charge in [0.1, 0.15) is 11.5 Å². The molecule has 1 aromatic heterocycles. The number of rotatable bonds is 1. The van der Waals surface area contributed by atoms with Crippen LogP contribution in [-0.4, -0.2) is 11.6 Å². The summed E-state index contributed by atoms with van der Waals surface area (Å²) in [6.07, 6.45) is 2.66. The first kappa shape index (κ1) is 9.19. The van der Waals surface area contributed by atoms with E-state index in [0.717, 1.165) is 0 Å². The minimum absolute atomic E-state index is 0.0244. The van der Waals surface area contributed by atoms with Crippen molar-refractivity contribution in [2.75, 3.05) is 0 Å². The Balaban J connectivity index is 2.32. The quantitative estimate of drug-likeness (QED) is 0.638. The Hall–Kier alpha value is -1.38. The molecule has 1 saturated carbocycles. The second-order valence-electron chi connectivity index (χ2n) is 3.95. The Morgan fingerprint density at radius 1 is 1.43 bits per heavy atom. The van der Waals surface area contributed by atoms with Crippen LogP contribution in [0.2, 0.25) is 0 Å². The van der Waals surface area contributed by atoms with E-state index < -0.39 is 5.41 Å². The largest absolute Gasteiger partial charge is 0.468 e. The van der Waals surface area contributed by atoms with Crippen LogP contribution in [-0.2, 0) is 15.0 Å². The van der Waals surface area contributed by atoms with Crippen LogP contribution in [0.3, 0.4) is 0 Å². The molecule has 74 valence electrons. The average Bonchev–Trinajstić information content (AvgIpc) is 2.65. The van der Waals surface area contributed by atoms with Crippen LogP contribution in [0.25, 0.3) is 0 Å².